The van der Waals surface area contributed by atoms with E-state index in [-0.39, 0.29) is 16.0 Å². The molecule has 0 atom stereocenters. The minimum Gasteiger partial charge on any atom is -0.505 e. The van der Waals surface area contributed by atoms with Gasteiger partial charge >= 0.3 is 0 Å². The molecule has 1 aliphatic heterocycles. The molecule has 0 spiro atoms. The summed E-state index contributed by atoms with van der Waals surface area (Å²) >= 11 is 0. The van der Waals surface area contributed by atoms with Crippen molar-refractivity contribution < 1.29 is 23.1 Å². The lowest BCUT2D eigenvalue weighted by atomic mass is 10.0. The first kappa shape index (κ1) is 20.4. The third-order valence-corrected chi connectivity index (χ3v) is 6.58. The van der Waals surface area contributed by atoms with Crippen LogP contribution in [0.2, 0.25) is 0 Å². The summed E-state index contributed by atoms with van der Waals surface area (Å²) in [5.74, 6) is -1.85. The number of ketones is 1. The zero-order valence-electron chi connectivity index (χ0n) is 16.2. The molecule has 31 heavy (non-hydrogen) atoms. The zero-order valence-corrected chi connectivity index (χ0v) is 17.0. The standard InChI is InChI=1S/C23H18N2O5S/c26-20(24-17-11-5-2-6-12-17)15-25-21(22(27)16-9-3-1-4-10-16)23(28)18-13-7-8-14-19(18)31(25,29)30/h1-14,27H,15H2,(H,24,26)/b22-21+. The summed E-state index contributed by atoms with van der Waals surface area (Å²) in [7, 11) is -4.27. The molecule has 0 saturated carbocycles. The number of nitrogens with one attached hydrogen (secondary N) is 1. The molecule has 7 nitrogen and oxygen atoms in total. The molecule has 156 valence electrons. The summed E-state index contributed by atoms with van der Waals surface area (Å²) in [5.41, 5.74) is 0.216. The fraction of sp³-hybridized carbons (Fsp3) is 0.0435. The number of Topliss-reactive ketones (excluding diaryl/α,β-unsaturated/α-hetero) is 1. The molecule has 0 radical (unpaired) electrons. The molecule has 1 heterocycles. The van der Waals surface area contributed by atoms with Gasteiger partial charge in [-0.25, -0.2) is 12.7 Å². The van der Waals surface area contributed by atoms with Gasteiger partial charge in [0.15, 0.2) is 5.76 Å². The second-order valence-electron chi connectivity index (χ2n) is 6.81. The van der Waals surface area contributed by atoms with Gasteiger partial charge in [-0.05, 0) is 24.3 Å². The van der Waals surface area contributed by atoms with E-state index in [1.165, 1.54) is 18.2 Å². The van der Waals surface area contributed by atoms with Crippen molar-refractivity contribution in [1.82, 2.24) is 4.31 Å². The quantitative estimate of drug-likeness (QED) is 0.484. The van der Waals surface area contributed by atoms with E-state index in [1.54, 1.807) is 66.7 Å². The van der Waals surface area contributed by atoms with Crippen LogP contribution < -0.4 is 5.32 Å². The second kappa shape index (κ2) is 8.08. The molecule has 2 N–H and O–H groups in total. The number of nitrogens with zero attached hydrogens (tertiary/aromatic N) is 1. The van der Waals surface area contributed by atoms with Gasteiger partial charge in [0.1, 0.15) is 12.2 Å². The first-order valence-corrected chi connectivity index (χ1v) is 10.8. The Kier molecular flexibility index (Phi) is 5.31. The van der Waals surface area contributed by atoms with E-state index < -0.39 is 39.7 Å². The highest BCUT2D eigenvalue weighted by Crippen LogP contribution is 2.35. The number of fused-ring (bicyclic) bond motifs is 1. The Morgan fingerprint density at radius 1 is 0.871 bits per heavy atom. The molecule has 8 heteroatoms. The van der Waals surface area contributed by atoms with Crippen molar-refractivity contribution in [3.63, 3.8) is 0 Å². The van der Waals surface area contributed by atoms with Crippen LogP contribution in [-0.2, 0) is 14.8 Å². The fourth-order valence-electron chi connectivity index (χ4n) is 3.33. The molecule has 0 aliphatic carbocycles. The summed E-state index contributed by atoms with van der Waals surface area (Å²) in [4.78, 5) is 25.7. The summed E-state index contributed by atoms with van der Waals surface area (Å²) in [6, 6.07) is 22.4. The van der Waals surface area contributed by atoms with Crippen LogP contribution in [0, 0.1) is 0 Å². The normalized spacial score (nSPS) is 16.4. The number of hydrogen-bond donors (Lipinski definition) is 2. The van der Waals surface area contributed by atoms with Gasteiger partial charge in [0.25, 0.3) is 10.0 Å². The number of hydrogen-bond acceptors (Lipinski definition) is 5. The number of amides is 1. The van der Waals surface area contributed by atoms with Gasteiger partial charge in [0, 0.05) is 16.8 Å². The van der Waals surface area contributed by atoms with Crippen molar-refractivity contribution in [3.8, 4) is 0 Å². The molecule has 0 saturated heterocycles. The SMILES string of the molecule is O=C(CN1/C(=C(/O)c2ccccc2)C(=O)c2ccccc2S1(=O)=O)Nc1ccccc1. The van der Waals surface area contributed by atoms with E-state index in [0.717, 1.165) is 0 Å². The van der Waals surface area contributed by atoms with Crippen LogP contribution in [0.1, 0.15) is 15.9 Å². The zero-order chi connectivity index (χ0) is 22.0. The highest BCUT2D eigenvalue weighted by molar-refractivity contribution is 7.89. The van der Waals surface area contributed by atoms with Gasteiger partial charge in [-0.1, -0.05) is 60.7 Å². The van der Waals surface area contributed by atoms with Gasteiger partial charge in [-0.2, -0.15) is 0 Å². The van der Waals surface area contributed by atoms with Crippen LogP contribution in [0.4, 0.5) is 5.69 Å². The van der Waals surface area contributed by atoms with Crippen molar-refractivity contribution in [2.45, 2.75) is 4.90 Å². The maximum atomic E-state index is 13.3. The van der Waals surface area contributed by atoms with E-state index in [0.29, 0.717) is 9.99 Å². The summed E-state index contributed by atoms with van der Waals surface area (Å²) < 4.78 is 27.3. The fourth-order valence-corrected chi connectivity index (χ4v) is 4.96. The van der Waals surface area contributed by atoms with E-state index in [4.69, 9.17) is 0 Å². The first-order valence-electron chi connectivity index (χ1n) is 9.39. The average Bonchev–Trinajstić information content (AvgIpc) is 2.79. The molecule has 0 bridgehead atoms. The minimum atomic E-state index is -4.27. The largest absolute Gasteiger partial charge is 0.505 e. The summed E-state index contributed by atoms with van der Waals surface area (Å²) in [5, 5.41) is 13.5. The number of benzene rings is 3. The number of aliphatic hydroxyl groups is 1. The molecule has 0 unspecified atom stereocenters. The van der Waals surface area contributed by atoms with Crippen LogP contribution in [0.3, 0.4) is 0 Å². The number of sulfonamides is 1. The third kappa shape index (κ3) is 3.80. The monoisotopic (exact) mass is 434 g/mol. The summed E-state index contributed by atoms with van der Waals surface area (Å²) in [6.07, 6.45) is 0. The molecule has 1 aliphatic rings. The first-order chi connectivity index (χ1) is 14.9. The Balaban J connectivity index is 1.83. The molecule has 0 aromatic heterocycles. The summed E-state index contributed by atoms with van der Waals surface area (Å²) in [6.45, 7) is -0.677. The van der Waals surface area contributed by atoms with E-state index in [2.05, 4.69) is 5.32 Å². The molecule has 4 rings (SSSR count). The Bertz CT molecular complexity index is 1290. The van der Waals surface area contributed by atoms with Gasteiger partial charge in [-0.3, -0.25) is 9.59 Å². The molecule has 1 amide bonds. The van der Waals surface area contributed by atoms with Crippen molar-refractivity contribution >= 4 is 33.2 Å². The molecular weight excluding hydrogens is 416 g/mol. The number of para-hydroxylation sites is 1. The Morgan fingerprint density at radius 3 is 2.13 bits per heavy atom. The van der Waals surface area contributed by atoms with E-state index in [1.807, 2.05) is 0 Å². The second-order valence-corrected chi connectivity index (χ2v) is 8.65. The van der Waals surface area contributed by atoms with Crippen LogP contribution >= 0.6 is 0 Å². The minimum absolute atomic E-state index is 0.0558. The predicted molar refractivity (Wildman–Crippen MR) is 116 cm³/mol. The molecule has 3 aromatic rings. The lowest BCUT2D eigenvalue weighted by Gasteiger charge is -2.31. The van der Waals surface area contributed by atoms with Crippen molar-refractivity contribution in [2.24, 2.45) is 0 Å². The Labute approximate surface area is 179 Å². The van der Waals surface area contributed by atoms with Gasteiger partial charge in [0.2, 0.25) is 11.7 Å². The lowest BCUT2D eigenvalue weighted by Crippen LogP contribution is -2.43. The van der Waals surface area contributed by atoms with Crippen molar-refractivity contribution in [2.75, 3.05) is 11.9 Å². The molecule has 0 fully saturated rings. The Hall–Kier alpha value is -3.91. The number of carbonyl (C=O) groups is 2. The average molecular weight is 434 g/mol. The van der Waals surface area contributed by atoms with Gasteiger partial charge < -0.3 is 10.4 Å². The van der Waals surface area contributed by atoms with Crippen molar-refractivity contribution in [3.05, 3.63) is 102 Å². The number of allylic oxidation sites excluding steroid dienone is 1. The highest BCUT2D eigenvalue weighted by Gasteiger charge is 2.42. The number of anilines is 1. The van der Waals surface area contributed by atoms with Gasteiger partial charge in [0.05, 0.1) is 4.90 Å². The lowest BCUT2D eigenvalue weighted by molar-refractivity contribution is -0.116. The third-order valence-electron chi connectivity index (χ3n) is 4.78. The smallest absolute Gasteiger partial charge is 0.265 e. The number of rotatable bonds is 4. The molecule has 3 aromatic carbocycles. The maximum absolute atomic E-state index is 13.3. The number of aliphatic hydroxyl groups excluding tert-OH is 1. The van der Waals surface area contributed by atoms with Crippen LogP contribution in [0.5, 0.6) is 0 Å². The predicted octanol–water partition coefficient (Wildman–Crippen LogP) is 3.44. The maximum Gasteiger partial charge on any atom is 0.265 e. The topological polar surface area (TPSA) is 104 Å². The van der Waals surface area contributed by atoms with Crippen LogP contribution in [0.15, 0.2) is 95.5 Å². The van der Waals surface area contributed by atoms with E-state index >= 15 is 0 Å². The molecular formula is C23H18N2O5S. The van der Waals surface area contributed by atoms with Crippen molar-refractivity contribution in [1.29, 1.82) is 0 Å². The number of carbonyl (C=O) groups excluding carboxylic acids is 2. The van der Waals surface area contributed by atoms with Crippen LogP contribution in [-0.4, -0.2) is 36.1 Å². The van der Waals surface area contributed by atoms with Crippen LogP contribution in [0.25, 0.3) is 5.76 Å². The highest BCUT2D eigenvalue weighted by atomic mass is 32.2. The van der Waals surface area contributed by atoms with E-state index in [9.17, 15) is 23.1 Å². The van der Waals surface area contributed by atoms with Gasteiger partial charge in [-0.15, -0.1) is 0 Å². The Morgan fingerprint density at radius 2 is 1.45 bits per heavy atom.